The van der Waals surface area contributed by atoms with Crippen LogP contribution in [0.1, 0.15) is 57.1 Å². The minimum Gasteiger partial charge on any atom is -0.0777 e. The zero-order valence-electron chi connectivity index (χ0n) is 12.6. The van der Waals surface area contributed by atoms with E-state index in [0.29, 0.717) is 11.8 Å². The molecule has 0 aliphatic heterocycles. The van der Waals surface area contributed by atoms with Gasteiger partial charge in [0.1, 0.15) is 0 Å². The summed E-state index contributed by atoms with van der Waals surface area (Å²) in [7, 11) is 11.0. The first-order valence-corrected chi connectivity index (χ1v) is 5.46. The standard InChI is InChI=1S/2C6H13B/c2*1-4-5(2)6(3)7/h2*5-6H,4H2,1-3H3/i2*4D. The van der Waals surface area contributed by atoms with E-state index in [4.69, 9.17) is 18.4 Å². The molecule has 0 aromatic carbocycles. The van der Waals surface area contributed by atoms with Gasteiger partial charge < -0.3 is 0 Å². The second-order valence-corrected chi connectivity index (χ2v) is 4.10. The summed E-state index contributed by atoms with van der Waals surface area (Å²) in [6, 6.07) is 0. The minimum absolute atomic E-state index is 0.0324. The van der Waals surface area contributed by atoms with Crippen LogP contribution in [0.25, 0.3) is 0 Å². The highest BCUT2D eigenvalue weighted by Crippen LogP contribution is 2.15. The van der Waals surface area contributed by atoms with Crippen LogP contribution in [0.2, 0.25) is 11.6 Å². The third-order valence-corrected chi connectivity index (χ3v) is 2.71. The van der Waals surface area contributed by atoms with Crippen LogP contribution in [0.5, 0.6) is 0 Å². The minimum atomic E-state index is -0.0324. The van der Waals surface area contributed by atoms with Gasteiger partial charge in [0.2, 0.25) is 0 Å². The molecule has 0 heterocycles. The van der Waals surface area contributed by atoms with Gasteiger partial charge in [0.05, 0.1) is 15.7 Å². The third-order valence-electron chi connectivity index (χ3n) is 2.71. The van der Waals surface area contributed by atoms with Crippen LogP contribution in [0.4, 0.5) is 0 Å². The van der Waals surface area contributed by atoms with Crippen LogP contribution < -0.4 is 0 Å². The van der Waals surface area contributed by atoms with Crippen molar-refractivity contribution in [1.29, 1.82) is 0 Å². The predicted octanol–water partition coefficient (Wildman–Crippen LogP) is 4.02. The van der Waals surface area contributed by atoms with Gasteiger partial charge >= 0.3 is 0 Å². The Morgan fingerprint density at radius 1 is 0.857 bits per heavy atom. The van der Waals surface area contributed by atoms with E-state index < -0.39 is 0 Å². The molecular formula is C12H26B2. The van der Waals surface area contributed by atoms with Crippen molar-refractivity contribution < 1.29 is 2.74 Å². The van der Waals surface area contributed by atoms with Gasteiger partial charge in [-0.1, -0.05) is 66.0 Å². The smallest absolute Gasteiger partial charge is 0.0699 e. The zero-order valence-corrected chi connectivity index (χ0v) is 10.6. The van der Waals surface area contributed by atoms with Crippen LogP contribution in [0.3, 0.4) is 0 Å². The van der Waals surface area contributed by atoms with Crippen molar-refractivity contribution in [2.45, 2.75) is 66.0 Å². The molecule has 80 valence electrons. The van der Waals surface area contributed by atoms with E-state index in [1.165, 1.54) is 0 Å². The largest absolute Gasteiger partial charge is 0.0777 e. The van der Waals surface area contributed by atoms with Gasteiger partial charge in [-0.05, 0) is 11.8 Å². The molecule has 0 amide bonds. The lowest BCUT2D eigenvalue weighted by Crippen LogP contribution is -1.98. The number of rotatable bonds is 4. The van der Waals surface area contributed by atoms with Crippen molar-refractivity contribution in [2.24, 2.45) is 11.8 Å². The van der Waals surface area contributed by atoms with Crippen molar-refractivity contribution in [1.82, 2.24) is 0 Å². The molecule has 6 atom stereocenters. The molecule has 2 heteroatoms. The Balaban J connectivity index is 0. The molecular weight excluding hydrogens is 166 g/mol. The predicted molar refractivity (Wildman–Crippen MR) is 69.3 cm³/mol. The Labute approximate surface area is 96.9 Å². The fourth-order valence-electron chi connectivity index (χ4n) is 0.607. The van der Waals surface area contributed by atoms with E-state index in [9.17, 15) is 0 Å². The maximum atomic E-state index is 7.23. The van der Waals surface area contributed by atoms with Gasteiger partial charge in [0.15, 0.2) is 0 Å². The number of hydrogen-bond acceptors (Lipinski definition) is 0. The van der Waals surface area contributed by atoms with Gasteiger partial charge in [0.25, 0.3) is 0 Å². The fourth-order valence-corrected chi connectivity index (χ4v) is 0.607. The Morgan fingerprint density at radius 3 is 1.07 bits per heavy atom. The molecule has 0 saturated carbocycles. The van der Waals surface area contributed by atoms with Crippen LogP contribution in [0.15, 0.2) is 0 Å². The quantitative estimate of drug-likeness (QED) is 0.592. The van der Waals surface area contributed by atoms with Crippen LogP contribution >= 0.6 is 0 Å². The number of hydrogen-bond donors (Lipinski definition) is 0. The summed E-state index contributed by atoms with van der Waals surface area (Å²) in [5.74, 6) is 0.940. The van der Waals surface area contributed by atoms with E-state index in [0.717, 1.165) is 0 Å². The lowest BCUT2D eigenvalue weighted by Gasteiger charge is -2.11. The molecule has 0 rings (SSSR count). The molecule has 0 aliphatic rings. The second-order valence-electron chi connectivity index (χ2n) is 4.10. The highest BCUT2D eigenvalue weighted by molar-refractivity contribution is 6.11. The molecule has 0 saturated heterocycles. The Morgan fingerprint density at radius 2 is 1.07 bits per heavy atom. The lowest BCUT2D eigenvalue weighted by atomic mass is 9.78. The van der Waals surface area contributed by atoms with Crippen molar-refractivity contribution in [2.75, 3.05) is 0 Å². The van der Waals surface area contributed by atoms with Crippen molar-refractivity contribution in [3.63, 3.8) is 0 Å². The average Bonchev–Trinajstić information content (AvgIpc) is 2.15. The highest BCUT2D eigenvalue weighted by atomic mass is 14.0. The molecule has 6 unspecified atom stereocenters. The van der Waals surface area contributed by atoms with Crippen molar-refractivity contribution in [3.8, 4) is 0 Å². The van der Waals surface area contributed by atoms with E-state index >= 15 is 0 Å². The monoisotopic (exact) mass is 194 g/mol. The van der Waals surface area contributed by atoms with Gasteiger partial charge in [-0.25, -0.2) is 0 Å². The molecule has 0 bridgehead atoms. The van der Waals surface area contributed by atoms with Crippen LogP contribution in [-0.4, -0.2) is 15.7 Å². The Kier molecular flexibility index (Phi) is 8.43. The first kappa shape index (κ1) is 12.2. The first-order valence-electron chi connectivity index (χ1n) is 6.62. The van der Waals surface area contributed by atoms with E-state index in [1.54, 1.807) is 0 Å². The van der Waals surface area contributed by atoms with Crippen molar-refractivity contribution >= 4 is 15.7 Å². The van der Waals surface area contributed by atoms with E-state index in [1.807, 2.05) is 41.5 Å². The molecule has 4 radical (unpaired) electrons. The molecule has 0 aromatic heterocycles. The van der Waals surface area contributed by atoms with Gasteiger partial charge in [-0.2, -0.15) is 0 Å². The van der Waals surface area contributed by atoms with E-state index in [-0.39, 0.29) is 24.4 Å². The van der Waals surface area contributed by atoms with Gasteiger partial charge in [-0.15, -0.1) is 0 Å². The SMILES string of the molecule is [2H]C(C)C(C)C([B])C.[2H]C(C)C(C)C([B])C. The summed E-state index contributed by atoms with van der Waals surface area (Å²) < 4.78 is 14.5. The Hall–Kier alpha value is 0.130. The molecule has 0 nitrogen and oxygen atoms in total. The summed E-state index contributed by atoms with van der Waals surface area (Å²) in [5.41, 5.74) is 0. The Bertz CT molecular complexity index is 125. The molecule has 0 aliphatic carbocycles. The maximum Gasteiger partial charge on any atom is 0.0699 e. The van der Waals surface area contributed by atoms with Crippen LogP contribution in [0, 0.1) is 11.8 Å². The summed E-state index contributed by atoms with van der Waals surface area (Å²) in [6.45, 7) is 11.6. The zero-order chi connectivity index (χ0) is 13.5. The van der Waals surface area contributed by atoms with Crippen LogP contribution in [-0.2, 0) is 0 Å². The topological polar surface area (TPSA) is 0 Å². The lowest BCUT2D eigenvalue weighted by molar-refractivity contribution is 0.544. The molecule has 0 N–H and O–H groups in total. The second kappa shape index (κ2) is 9.68. The van der Waals surface area contributed by atoms with Gasteiger partial charge in [-0.3, -0.25) is 0 Å². The summed E-state index contributed by atoms with van der Waals surface area (Å²) in [6.07, 6.45) is -0.0648. The molecule has 0 aromatic rings. The summed E-state index contributed by atoms with van der Waals surface area (Å²) in [5, 5.41) is 0. The first-order chi connectivity index (χ1) is 7.11. The summed E-state index contributed by atoms with van der Waals surface area (Å²) in [4.78, 5) is 0. The molecule has 14 heavy (non-hydrogen) atoms. The average molecular weight is 194 g/mol. The highest BCUT2D eigenvalue weighted by Gasteiger charge is 2.01. The normalized spacial score (nSPS) is 25.3. The third kappa shape index (κ3) is 10.2. The summed E-state index contributed by atoms with van der Waals surface area (Å²) >= 11 is 0. The maximum absolute atomic E-state index is 7.23. The molecule has 0 spiro atoms. The van der Waals surface area contributed by atoms with Crippen molar-refractivity contribution in [3.05, 3.63) is 0 Å². The molecule has 0 fully saturated rings. The van der Waals surface area contributed by atoms with E-state index in [2.05, 4.69) is 0 Å². The van der Waals surface area contributed by atoms with Gasteiger partial charge in [0, 0.05) is 2.74 Å². The fraction of sp³-hybridized carbons (Fsp3) is 1.00.